The maximum Gasteiger partial charge on any atom is 0.119 e. The van der Waals surface area contributed by atoms with Gasteiger partial charge in [0.25, 0.3) is 0 Å². The summed E-state index contributed by atoms with van der Waals surface area (Å²) in [5, 5.41) is 0. The zero-order valence-corrected chi connectivity index (χ0v) is 14.4. The van der Waals surface area contributed by atoms with E-state index in [9.17, 15) is 0 Å². The Hall–Kier alpha value is -1.06. The Kier molecular flexibility index (Phi) is 7.20. The van der Waals surface area contributed by atoms with Gasteiger partial charge in [-0.2, -0.15) is 0 Å². The molecule has 0 fully saturated rings. The first kappa shape index (κ1) is 18.0. The van der Waals surface area contributed by atoms with Gasteiger partial charge in [-0.15, -0.1) is 0 Å². The number of likely N-dealkylation sites (N-methyl/N-ethyl adjacent to an activating group) is 1. The molecular weight excluding hydrogens is 260 g/mol. The highest BCUT2D eigenvalue weighted by atomic mass is 16.5. The first-order valence-corrected chi connectivity index (χ1v) is 8.26. The minimum Gasteiger partial charge on any atom is -0.494 e. The zero-order valence-electron chi connectivity index (χ0n) is 14.4. The van der Waals surface area contributed by atoms with Crippen molar-refractivity contribution in [2.75, 3.05) is 19.7 Å². The Morgan fingerprint density at radius 2 is 1.67 bits per heavy atom. The van der Waals surface area contributed by atoms with Crippen LogP contribution in [0.2, 0.25) is 0 Å². The van der Waals surface area contributed by atoms with Gasteiger partial charge in [0.05, 0.1) is 6.61 Å². The van der Waals surface area contributed by atoms with E-state index in [2.05, 4.69) is 51.7 Å². The third kappa shape index (κ3) is 4.21. The van der Waals surface area contributed by atoms with E-state index in [1.807, 2.05) is 12.1 Å². The summed E-state index contributed by atoms with van der Waals surface area (Å²) in [6.07, 6.45) is 2.06. The second-order valence-corrected chi connectivity index (χ2v) is 5.78. The summed E-state index contributed by atoms with van der Waals surface area (Å²) in [7, 11) is 0. The molecule has 0 aliphatic heterocycles. The lowest BCUT2D eigenvalue weighted by Crippen LogP contribution is -2.52. The molecule has 3 heteroatoms. The van der Waals surface area contributed by atoms with Crippen molar-refractivity contribution in [1.29, 1.82) is 0 Å². The van der Waals surface area contributed by atoms with E-state index in [1.54, 1.807) is 0 Å². The molecule has 120 valence electrons. The summed E-state index contributed by atoms with van der Waals surface area (Å²) in [5.41, 5.74) is 7.76. The summed E-state index contributed by atoms with van der Waals surface area (Å²) < 4.78 is 5.64. The molecule has 0 aromatic heterocycles. The molecule has 0 radical (unpaired) electrons. The minimum atomic E-state index is -0.0186. The largest absolute Gasteiger partial charge is 0.494 e. The van der Waals surface area contributed by atoms with Crippen LogP contribution in [-0.4, -0.2) is 30.1 Å². The SMILES string of the molecule is CCCOc1ccc(C(N)C(C)(CC)N(CC)CC)cc1. The minimum absolute atomic E-state index is 0.00243. The Bertz CT molecular complexity index is 400. The molecule has 1 rings (SSSR count). The Morgan fingerprint density at radius 3 is 2.10 bits per heavy atom. The van der Waals surface area contributed by atoms with E-state index < -0.39 is 0 Å². The molecule has 1 aromatic carbocycles. The number of nitrogens with zero attached hydrogens (tertiary/aromatic N) is 1. The number of rotatable bonds is 9. The smallest absolute Gasteiger partial charge is 0.119 e. The Labute approximate surface area is 130 Å². The highest BCUT2D eigenvalue weighted by Crippen LogP contribution is 2.33. The lowest BCUT2D eigenvalue weighted by atomic mass is 9.83. The third-order valence-corrected chi connectivity index (χ3v) is 4.58. The van der Waals surface area contributed by atoms with E-state index in [4.69, 9.17) is 10.5 Å². The van der Waals surface area contributed by atoms with Crippen LogP contribution < -0.4 is 10.5 Å². The van der Waals surface area contributed by atoms with Crippen molar-refractivity contribution in [3.8, 4) is 5.75 Å². The molecule has 0 spiro atoms. The molecule has 3 nitrogen and oxygen atoms in total. The molecule has 2 N–H and O–H groups in total. The average molecular weight is 292 g/mol. The molecule has 0 saturated heterocycles. The van der Waals surface area contributed by atoms with Crippen LogP contribution in [0.15, 0.2) is 24.3 Å². The van der Waals surface area contributed by atoms with Gasteiger partial charge in [-0.05, 0) is 50.6 Å². The van der Waals surface area contributed by atoms with Crippen molar-refractivity contribution in [3.63, 3.8) is 0 Å². The third-order valence-electron chi connectivity index (χ3n) is 4.58. The quantitative estimate of drug-likeness (QED) is 0.748. The summed E-state index contributed by atoms with van der Waals surface area (Å²) in [5.74, 6) is 0.925. The maximum atomic E-state index is 6.60. The van der Waals surface area contributed by atoms with E-state index in [0.717, 1.165) is 38.3 Å². The molecule has 21 heavy (non-hydrogen) atoms. The van der Waals surface area contributed by atoms with Gasteiger partial charge in [-0.25, -0.2) is 0 Å². The first-order chi connectivity index (χ1) is 10.0. The monoisotopic (exact) mass is 292 g/mol. The van der Waals surface area contributed by atoms with Gasteiger partial charge >= 0.3 is 0 Å². The molecule has 2 unspecified atom stereocenters. The Balaban J connectivity index is 2.91. The van der Waals surface area contributed by atoms with Crippen molar-refractivity contribution in [2.24, 2.45) is 5.73 Å². The lowest BCUT2D eigenvalue weighted by Gasteiger charge is -2.44. The fraction of sp³-hybridized carbons (Fsp3) is 0.667. The number of hydrogen-bond acceptors (Lipinski definition) is 3. The number of benzene rings is 1. The van der Waals surface area contributed by atoms with Crippen LogP contribution in [0.3, 0.4) is 0 Å². The molecule has 0 saturated carbocycles. The van der Waals surface area contributed by atoms with Crippen LogP contribution in [0.25, 0.3) is 0 Å². The summed E-state index contributed by atoms with van der Waals surface area (Å²) in [6, 6.07) is 8.27. The molecule has 0 aliphatic carbocycles. The van der Waals surface area contributed by atoms with Crippen molar-refractivity contribution >= 4 is 0 Å². The van der Waals surface area contributed by atoms with Crippen molar-refractivity contribution in [2.45, 2.75) is 59.0 Å². The van der Waals surface area contributed by atoms with Gasteiger partial charge < -0.3 is 10.5 Å². The second kappa shape index (κ2) is 8.40. The second-order valence-electron chi connectivity index (χ2n) is 5.78. The topological polar surface area (TPSA) is 38.5 Å². The molecule has 0 heterocycles. The Morgan fingerprint density at radius 1 is 1.10 bits per heavy atom. The van der Waals surface area contributed by atoms with Gasteiger partial charge in [0.15, 0.2) is 0 Å². The van der Waals surface area contributed by atoms with Crippen LogP contribution in [0.1, 0.15) is 59.1 Å². The molecule has 2 atom stereocenters. The summed E-state index contributed by atoms with van der Waals surface area (Å²) in [6.45, 7) is 13.8. The molecule has 0 amide bonds. The fourth-order valence-corrected chi connectivity index (χ4v) is 2.94. The number of nitrogens with two attached hydrogens (primary N) is 1. The number of hydrogen-bond donors (Lipinski definition) is 1. The van der Waals surface area contributed by atoms with Crippen molar-refractivity contribution in [3.05, 3.63) is 29.8 Å². The lowest BCUT2D eigenvalue weighted by molar-refractivity contribution is 0.0844. The van der Waals surface area contributed by atoms with Crippen LogP contribution in [0.4, 0.5) is 0 Å². The molecule has 0 bridgehead atoms. The normalized spacial score (nSPS) is 15.8. The van der Waals surface area contributed by atoms with Crippen LogP contribution >= 0.6 is 0 Å². The van der Waals surface area contributed by atoms with Gasteiger partial charge in [0.2, 0.25) is 0 Å². The highest BCUT2D eigenvalue weighted by Gasteiger charge is 2.35. The molecule has 1 aromatic rings. The maximum absolute atomic E-state index is 6.60. The predicted octanol–water partition coefficient (Wildman–Crippen LogP) is 3.99. The van der Waals surface area contributed by atoms with E-state index in [-0.39, 0.29) is 11.6 Å². The summed E-state index contributed by atoms with van der Waals surface area (Å²) >= 11 is 0. The number of ether oxygens (including phenoxy) is 1. The van der Waals surface area contributed by atoms with Crippen LogP contribution in [0, 0.1) is 0 Å². The van der Waals surface area contributed by atoms with E-state index >= 15 is 0 Å². The van der Waals surface area contributed by atoms with Gasteiger partial charge in [-0.1, -0.05) is 39.8 Å². The van der Waals surface area contributed by atoms with Crippen molar-refractivity contribution in [1.82, 2.24) is 4.90 Å². The average Bonchev–Trinajstić information content (AvgIpc) is 2.53. The standard InChI is InChI=1S/C18H32N2O/c1-6-14-21-16-12-10-15(11-13-16)17(19)18(5,7-2)20(8-3)9-4/h10-13,17H,6-9,14,19H2,1-5H3. The predicted molar refractivity (Wildman–Crippen MR) is 90.8 cm³/mol. The van der Waals surface area contributed by atoms with Crippen LogP contribution in [0.5, 0.6) is 5.75 Å². The van der Waals surface area contributed by atoms with E-state index in [1.165, 1.54) is 5.56 Å². The van der Waals surface area contributed by atoms with Gasteiger partial charge in [0.1, 0.15) is 5.75 Å². The highest BCUT2D eigenvalue weighted by molar-refractivity contribution is 5.30. The van der Waals surface area contributed by atoms with Crippen molar-refractivity contribution < 1.29 is 4.74 Å². The first-order valence-electron chi connectivity index (χ1n) is 8.26. The van der Waals surface area contributed by atoms with Crippen LogP contribution in [-0.2, 0) is 0 Å². The molecular formula is C18H32N2O. The van der Waals surface area contributed by atoms with Gasteiger partial charge in [0, 0.05) is 11.6 Å². The summed E-state index contributed by atoms with van der Waals surface area (Å²) in [4.78, 5) is 2.46. The zero-order chi connectivity index (χ0) is 15.9. The van der Waals surface area contributed by atoms with Gasteiger partial charge in [-0.3, -0.25) is 4.90 Å². The fourth-order valence-electron chi connectivity index (χ4n) is 2.94. The molecule has 0 aliphatic rings. The van der Waals surface area contributed by atoms with E-state index in [0.29, 0.717) is 0 Å².